The molecule has 0 aliphatic heterocycles. The maximum Gasteiger partial charge on any atom is 0.179 e. The molecule has 1 rings (SSSR count). The minimum Gasteiger partial charge on any atom is -0.493 e. The molecule has 3 nitrogen and oxygen atoms in total. The molecule has 0 unspecified atom stereocenters. The molecule has 0 heterocycles. The van der Waals surface area contributed by atoms with Crippen LogP contribution in [0.3, 0.4) is 0 Å². The fourth-order valence-electron chi connectivity index (χ4n) is 1.77. The summed E-state index contributed by atoms with van der Waals surface area (Å²) in [7, 11) is 3.16. The molecule has 0 saturated heterocycles. The van der Waals surface area contributed by atoms with Crippen molar-refractivity contribution >= 4 is 11.6 Å². The summed E-state index contributed by atoms with van der Waals surface area (Å²) in [6.45, 7) is 2.14. The molecule has 17 heavy (non-hydrogen) atoms. The quantitative estimate of drug-likeness (QED) is 0.848. The number of ether oxygens (including phenoxy) is 2. The third kappa shape index (κ3) is 3.27. The van der Waals surface area contributed by atoms with Gasteiger partial charge in [0.25, 0.3) is 0 Å². The van der Waals surface area contributed by atoms with E-state index in [1.165, 1.54) is 0 Å². The van der Waals surface area contributed by atoms with Crippen LogP contribution in [0.15, 0.2) is 12.1 Å². The largest absolute Gasteiger partial charge is 0.493 e. The van der Waals surface area contributed by atoms with Gasteiger partial charge in [-0.15, -0.1) is 0 Å². The molecule has 0 aliphatic rings. The van der Waals surface area contributed by atoms with Crippen molar-refractivity contribution in [2.45, 2.75) is 32.2 Å². The average molecular weight is 258 g/mol. The van der Waals surface area contributed by atoms with E-state index in [-0.39, 0.29) is 6.04 Å². The number of nitrogens with two attached hydrogens (primary N) is 1. The zero-order valence-corrected chi connectivity index (χ0v) is 11.4. The summed E-state index contributed by atoms with van der Waals surface area (Å²) in [6, 6.07) is 3.69. The third-order valence-corrected chi connectivity index (χ3v) is 3.17. The van der Waals surface area contributed by atoms with Crippen molar-refractivity contribution < 1.29 is 9.47 Å². The van der Waals surface area contributed by atoms with Crippen LogP contribution in [0, 0.1) is 0 Å². The van der Waals surface area contributed by atoms with Crippen molar-refractivity contribution in [3.05, 3.63) is 22.7 Å². The molecule has 1 aromatic carbocycles. The Morgan fingerprint density at radius 2 is 2.00 bits per heavy atom. The second-order valence-electron chi connectivity index (χ2n) is 3.95. The molecule has 0 aromatic heterocycles. The Hall–Kier alpha value is -0.930. The van der Waals surface area contributed by atoms with E-state index in [1.54, 1.807) is 14.2 Å². The topological polar surface area (TPSA) is 44.5 Å². The second kappa shape index (κ2) is 6.72. The summed E-state index contributed by atoms with van der Waals surface area (Å²) in [6.07, 6.45) is 3.14. The lowest BCUT2D eigenvalue weighted by molar-refractivity contribution is 0.354. The molecule has 1 aromatic rings. The lowest BCUT2D eigenvalue weighted by atomic mass is 10.0. The van der Waals surface area contributed by atoms with Gasteiger partial charge in [0.15, 0.2) is 11.5 Å². The highest BCUT2D eigenvalue weighted by molar-refractivity contribution is 6.33. The number of halogens is 1. The van der Waals surface area contributed by atoms with Crippen molar-refractivity contribution in [1.82, 2.24) is 0 Å². The first-order valence-corrected chi connectivity index (χ1v) is 6.19. The molecular formula is C13H20ClNO2. The van der Waals surface area contributed by atoms with Gasteiger partial charge in [-0.2, -0.15) is 0 Å². The summed E-state index contributed by atoms with van der Waals surface area (Å²) >= 11 is 6.28. The van der Waals surface area contributed by atoms with Crippen LogP contribution in [-0.2, 0) is 0 Å². The summed E-state index contributed by atoms with van der Waals surface area (Å²) < 4.78 is 10.4. The lowest BCUT2D eigenvalue weighted by Crippen LogP contribution is -2.11. The van der Waals surface area contributed by atoms with Crippen LogP contribution in [0.4, 0.5) is 0 Å². The first-order chi connectivity index (χ1) is 8.15. The van der Waals surface area contributed by atoms with Crippen LogP contribution in [-0.4, -0.2) is 14.2 Å². The highest BCUT2D eigenvalue weighted by Gasteiger charge is 2.17. The number of methoxy groups -OCH3 is 2. The molecular weight excluding hydrogens is 238 g/mol. The van der Waals surface area contributed by atoms with Gasteiger partial charge in [-0.1, -0.05) is 37.4 Å². The van der Waals surface area contributed by atoms with E-state index >= 15 is 0 Å². The van der Waals surface area contributed by atoms with E-state index in [9.17, 15) is 0 Å². The maximum atomic E-state index is 6.28. The number of benzene rings is 1. The van der Waals surface area contributed by atoms with Gasteiger partial charge in [0, 0.05) is 6.04 Å². The van der Waals surface area contributed by atoms with E-state index in [1.807, 2.05) is 12.1 Å². The van der Waals surface area contributed by atoms with E-state index in [2.05, 4.69) is 6.92 Å². The van der Waals surface area contributed by atoms with E-state index in [4.69, 9.17) is 26.8 Å². The van der Waals surface area contributed by atoms with E-state index in [0.717, 1.165) is 24.8 Å². The fourth-order valence-corrected chi connectivity index (χ4v) is 2.14. The fraction of sp³-hybridized carbons (Fsp3) is 0.538. The number of rotatable bonds is 6. The number of unbranched alkanes of at least 4 members (excludes halogenated alkanes) is 1. The number of hydrogen-bond acceptors (Lipinski definition) is 3. The van der Waals surface area contributed by atoms with Crippen molar-refractivity contribution in [1.29, 1.82) is 0 Å². The molecule has 96 valence electrons. The predicted octanol–water partition coefficient (Wildman–Crippen LogP) is 3.55. The van der Waals surface area contributed by atoms with Gasteiger partial charge in [0.2, 0.25) is 0 Å². The Bertz CT molecular complexity index is 369. The van der Waals surface area contributed by atoms with Crippen molar-refractivity contribution in [3.8, 4) is 11.5 Å². The van der Waals surface area contributed by atoms with E-state index in [0.29, 0.717) is 16.5 Å². The predicted molar refractivity (Wildman–Crippen MR) is 71.0 cm³/mol. The highest BCUT2D eigenvalue weighted by atomic mass is 35.5. The Balaban J connectivity index is 3.01. The first-order valence-electron chi connectivity index (χ1n) is 5.81. The van der Waals surface area contributed by atoms with Gasteiger partial charge in [0.1, 0.15) is 0 Å². The molecule has 0 amide bonds. The normalized spacial score (nSPS) is 12.3. The number of hydrogen-bond donors (Lipinski definition) is 1. The van der Waals surface area contributed by atoms with Crippen LogP contribution < -0.4 is 15.2 Å². The van der Waals surface area contributed by atoms with Gasteiger partial charge in [-0.3, -0.25) is 0 Å². The Morgan fingerprint density at radius 3 is 2.53 bits per heavy atom. The molecule has 0 saturated carbocycles. The van der Waals surface area contributed by atoms with Crippen molar-refractivity contribution in [2.75, 3.05) is 14.2 Å². The van der Waals surface area contributed by atoms with Crippen LogP contribution in [0.5, 0.6) is 11.5 Å². The summed E-state index contributed by atoms with van der Waals surface area (Å²) in [5.41, 5.74) is 7.03. The minimum atomic E-state index is -0.0535. The zero-order chi connectivity index (χ0) is 12.8. The molecule has 1 atom stereocenters. The summed E-state index contributed by atoms with van der Waals surface area (Å²) in [5, 5.41) is 0.551. The molecule has 2 N–H and O–H groups in total. The summed E-state index contributed by atoms with van der Waals surface area (Å²) in [4.78, 5) is 0. The van der Waals surface area contributed by atoms with Crippen LogP contribution in [0.25, 0.3) is 0 Å². The zero-order valence-electron chi connectivity index (χ0n) is 10.6. The smallest absolute Gasteiger partial charge is 0.179 e. The molecule has 0 fully saturated rings. The molecule has 0 bridgehead atoms. The van der Waals surface area contributed by atoms with Crippen LogP contribution >= 0.6 is 11.6 Å². The average Bonchev–Trinajstić information content (AvgIpc) is 2.35. The van der Waals surface area contributed by atoms with Gasteiger partial charge in [-0.05, 0) is 18.1 Å². The Morgan fingerprint density at radius 1 is 1.29 bits per heavy atom. The third-order valence-electron chi connectivity index (χ3n) is 2.78. The SMILES string of the molecule is CCCC[C@@H](N)c1ccc(OC)c(OC)c1Cl. The maximum absolute atomic E-state index is 6.28. The Labute approximate surface area is 108 Å². The standard InChI is InChI=1S/C13H20ClNO2/c1-4-5-6-10(15)9-7-8-11(16-2)13(17-3)12(9)14/h7-8,10H,4-6,15H2,1-3H3/t10-/m1/s1. The monoisotopic (exact) mass is 257 g/mol. The first kappa shape index (κ1) is 14.1. The minimum absolute atomic E-state index is 0.0535. The van der Waals surface area contributed by atoms with Gasteiger partial charge in [0.05, 0.1) is 19.2 Å². The molecule has 0 radical (unpaired) electrons. The lowest BCUT2D eigenvalue weighted by Gasteiger charge is -2.17. The summed E-state index contributed by atoms with van der Waals surface area (Å²) in [5.74, 6) is 1.18. The van der Waals surface area contributed by atoms with Crippen LogP contribution in [0.2, 0.25) is 5.02 Å². The molecule has 4 heteroatoms. The van der Waals surface area contributed by atoms with Crippen molar-refractivity contribution in [2.24, 2.45) is 5.73 Å². The van der Waals surface area contributed by atoms with Gasteiger partial charge < -0.3 is 15.2 Å². The van der Waals surface area contributed by atoms with Crippen LogP contribution in [0.1, 0.15) is 37.8 Å². The highest BCUT2D eigenvalue weighted by Crippen LogP contribution is 2.39. The second-order valence-corrected chi connectivity index (χ2v) is 4.33. The van der Waals surface area contributed by atoms with Crippen molar-refractivity contribution in [3.63, 3.8) is 0 Å². The molecule has 0 aliphatic carbocycles. The molecule has 0 spiro atoms. The van der Waals surface area contributed by atoms with E-state index < -0.39 is 0 Å². The Kier molecular flexibility index (Phi) is 5.59. The van der Waals surface area contributed by atoms with Gasteiger partial charge >= 0.3 is 0 Å². The van der Waals surface area contributed by atoms with Gasteiger partial charge in [-0.25, -0.2) is 0 Å².